The molecule has 0 spiro atoms. The molecule has 2 aromatic carbocycles. The molecule has 4 rings (SSSR count). The first kappa shape index (κ1) is 39.1. The van der Waals surface area contributed by atoms with E-state index in [1.54, 1.807) is 0 Å². The molecule has 0 saturated carbocycles. The van der Waals surface area contributed by atoms with E-state index in [4.69, 9.17) is 28.4 Å². The Bertz CT molecular complexity index is 1430. The highest BCUT2D eigenvalue weighted by molar-refractivity contribution is 5.89. The number of phenols is 1. The van der Waals surface area contributed by atoms with Crippen molar-refractivity contribution >= 4 is 18.0 Å². The first-order valence-electron chi connectivity index (χ1n) is 15.5. The highest BCUT2D eigenvalue weighted by atomic mass is 16.7. The third-order valence-corrected chi connectivity index (χ3v) is 8.06. The fourth-order valence-electron chi connectivity index (χ4n) is 5.10. The largest absolute Gasteiger partial charge is 0.508 e. The molecule has 2 aliphatic heterocycles. The van der Waals surface area contributed by atoms with Crippen molar-refractivity contribution in [1.82, 2.24) is 0 Å². The van der Waals surface area contributed by atoms with E-state index >= 15 is 0 Å². The Kier molecular flexibility index (Phi) is 13.3. The summed E-state index contributed by atoms with van der Waals surface area (Å²) in [6.45, 7) is 0.919. The molecule has 2 fully saturated rings. The summed E-state index contributed by atoms with van der Waals surface area (Å²) in [5.74, 6) is -1.92. The predicted molar refractivity (Wildman–Crippen MR) is 167 cm³/mol. The lowest BCUT2D eigenvalue weighted by Crippen LogP contribution is -2.62. The van der Waals surface area contributed by atoms with Gasteiger partial charge in [0.15, 0.2) is 6.29 Å². The van der Waals surface area contributed by atoms with Gasteiger partial charge in [-0.25, -0.2) is 9.59 Å². The topological polar surface area (TPSA) is 272 Å². The van der Waals surface area contributed by atoms with Crippen LogP contribution in [0.5, 0.6) is 11.5 Å². The van der Waals surface area contributed by atoms with Gasteiger partial charge in [-0.1, -0.05) is 24.3 Å². The average molecular weight is 711 g/mol. The summed E-state index contributed by atoms with van der Waals surface area (Å²) in [4.78, 5) is 26.3. The number of rotatable bonds is 13. The Hall–Kier alpha value is -3.72. The molecule has 2 heterocycles. The molecule has 2 saturated heterocycles. The molecule has 0 radical (unpaired) electrons. The maximum Gasteiger partial charge on any atom is 0.350 e. The predicted octanol–water partition coefficient (Wildman–Crippen LogP) is -2.17. The number of phenolic OH excluding ortho intramolecular Hbond substituents is 1. The first-order valence-corrected chi connectivity index (χ1v) is 15.5. The third-order valence-electron chi connectivity index (χ3n) is 8.06. The van der Waals surface area contributed by atoms with E-state index in [0.717, 1.165) is 6.08 Å². The summed E-state index contributed by atoms with van der Waals surface area (Å²) in [5, 5.41) is 89.4. The van der Waals surface area contributed by atoms with Crippen LogP contribution in [-0.4, -0.2) is 144 Å². The highest BCUT2D eigenvalue weighted by Gasteiger charge is 2.50. The van der Waals surface area contributed by atoms with Crippen LogP contribution in [0, 0.1) is 0 Å². The number of hydrogen-bond acceptors (Lipinski definition) is 17. The second-order valence-corrected chi connectivity index (χ2v) is 12.2. The summed E-state index contributed by atoms with van der Waals surface area (Å²) in [6, 6.07) is 11.7. The zero-order valence-electron chi connectivity index (χ0n) is 27.0. The van der Waals surface area contributed by atoms with Crippen LogP contribution in [0.2, 0.25) is 0 Å². The molecule has 0 unspecified atom stereocenters. The fraction of sp³-hybridized carbons (Fsp3) is 0.515. The number of aliphatic hydroxyl groups is 8. The standard InChI is InChI=1S/C33H42O17/c1-33(2,50-32-28(43)26(41)24(39)21(14-35)48-32)29(49-22(37)12-7-16-3-8-18(36)9-4-16)30(44)45-15-17-5-10-19(11-6-17)46-31-27(42)25(40)23(38)20(13-34)47-31/h3-12,20-21,23-29,31-32,34-36,38-43H,13-15H2,1-2H3/b12-7-/t20-,21-,23-,24-,25+,26+,27-,28-,29+,31-,32+/m1/s1. The first-order chi connectivity index (χ1) is 23.6. The van der Waals surface area contributed by atoms with E-state index in [1.165, 1.54) is 68.5 Å². The Morgan fingerprint density at radius 3 is 1.88 bits per heavy atom. The summed E-state index contributed by atoms with van der Waals surface area (Å²) in [7, 11) is 0. The molecule has 0 amide bonds. The van der Waals surface area contributed by atoms with Gasteiger partial charge in [0.2, 0.25) is 12.4 Å². The molecular formula is C33H42O17. The zero-order valence-corrected chi connectivity index (χ0v) is 27.0. The minimum Gasteiger partial charge on any atom is -0.508 e. The van der Waals surface area contributed by atoms with Crippen molar-refractivity contribution < 1.29 is 84.0 Å². The number of aliphatic hydroxyl groups excluding tert-OH is 8. The van der Waals surface area contributed by atoms with Crippen LogP contribution >= 0.6 is 0 Å². The Balaban J connectivity index is 1.46. The maximum atomic E-state index is 13.5. The maximum absolute atomic E-state index is 13.5. The average Bonchev–Trinajstić information content (AvgIpc) is 3.10. The van der Waals surface area contributed by atoms with Crippen molar-refractivity contribution in [1.29, 1.82) is 0 Å². The Labute approximate surface area is 286 Å². The lowest BCUT2D eigenvalue weighted by atomic mass is 9.97. The van der Waals surface area contributed by atoms with Gasteiger partial charge in [0.05, 0.1) is 13.2 Å². The smallest absolute Gasteiger partial charge is 0.350 e. The molecule has 9 N–H and O–H groups in total. The molecule has 17 nitrogen and oxygen atoms in total. The van der Waals surface area contributed by atoms with Gasteiger partial charge >= 0.3 is 11.9 Å². The molecular weight excluding hydrogens is 668 g/mol. The van der Waals surface area contributed by atoms with Crippen molar-refractivity contribution in [3.05, 3.63) is 65.7 Å². The molecule has 0 aliphatic carbocycles. The van der Waals surface area contributed by atoms with Crippen molar-refractivity contribution in [3.63, 3.8) is 0 Å². The van der Waals surface area contributed by atoms with E-state index in [1.807, 2.05) is 0 Å². The number of ether oxygens (including phenoxy) is 6. The SMILES string of the molecule is CC(C)(O[C@@H]1O[C@H](CO)[C@@H](O)[C@H](O)[C@H]1O)[C@@H](OC(=O)/C=C\c1ccc(O)cc1)C(=O)OCc1ccc(O[C@@H]2O[C@H](CO)[C@@H](O)[C@H](O)[C@H]2O)cc1. The quantitative estimate of drug-likeness (QED) is 0.0791. The normalized spacial score (nSPS) is 30.8. The van der Waals surface area contributed by atoms with E-state index in [9.17, 15) is 55.5 Å². The molecule has 2 aromatic rings. The number of aromatic hydroxyl groups is 1. The molecule has 50 heavy (non-hydrogen) atoms. The summed E-state index contributed by atoms with van der Waals surface area (Å²) >= 11 is 0. The highest BCUT2D eigenvalue weighted by Crippen LogP contribution is 2.30. The molecule has 276 valence electrons. The number of benzene rings is 2. The van der Waals surface area contributed by atoms with E-state index in [-0.39, 0.29) is 18.1 Å². The van der Waals surface area contributed by atoms with Gasteiger partial charge < -0.3 is 74.4 Å². The van der Waals surface area contributed by atoms with Crippen molar-refractivity contribution in [2.45, 2.75) is 93.6 Å². The Morgan fingerprint density at radius 2 is 1.32 bits per heavy atom. The van der Waals surface area contributed by atoms with Gasteiger partial charge in [0, 0.05) is 6.08 Å². The van der Waals surface area contributed by atoms with Crippen molar-refractivity contribution in [3.8, 4) is 11.5 Å². The fourth-order valence-corrected chi connectivity index (χ4v) is 5.10. The van der Waals surface area contributed by atoms with E-state index in [0.29, 0.717) is 11.1 Å². The minimum atomic E-state index is -1.82. The summed E-state index contributed by atoms with van der Waals surface area (Å²) < 4.78 is 33.0. The minimum absolute atomic E-state index is 0.00981. The van der Waals surface area contributed by atoms with Crippen LogP contribution in [0.3, 0.4) is 0 Å². The van der Waals surface area contributed by atoms with Gasteiger partial charge in [0.1, 0.15) is 72.5 Å². The van der Waals surface area contributed by atoms with Crippen molar-refractivity contribution in [2.75, 3.05) is 13.2 Å². The summed E-state index contributed by atoms with van der Waals surface area (Å²) in [6.07, 6.45) is -15.1. The lowest BCUT2D eigenvalue weighted by Gasteiger charge is -2.43. The lowest BCUT2D eigenvalue weighted by molar-refractivity contribution is -0.330. The van der Waals surface area contributed by atoms with Crippen molar-refractivity contribution in [2.24, 2.45) is 0 Å². The molecule has 0 aromatic heterocycles. The second kappa shape index (κ2) is 17.0. The molecule has 2 aliphatic rings. The van der Waals surface area contributed by atoms with Gasteiger partial charge in [-0.15, -0.1) is 0 Å². The van der Waals surface area contributed by atoms with Crippen LogP contribution in [0.4, 0.5) is 0 Å². The van der Waals surface area contributed by atoms with Crippen LogP contribution in [0.15, 0.2) is 54.6 Å². The number of hydrogen-bond donors (Lipinski definition) is 9. The van der Waals surface area contributed by atoms with E-state index in [2.05, 4.69) is 0 Å². The molecule has 0 bridgehead atoms. The van der Waals surface area contributed by atoms with Gasteiger partial charge in [-0.3, -0.25) is 0 Å². The van der Waals surface area contributed by atoms with Gasteiger partial charge in [-0.2, -0.15) is 0 Å². The van der Waals surface area contributed by atoms with Crippen LogP contribution < -0.4 is 4.74 Å². The van der Waals surface area contributed by atoms with Gasteiger partial charge in [-0.05, 0) is 55.3 Å². The monoisotopic (exact) mass is 710 g/mol. The third kappa shape index (κ3) is 9.53. The number of carbonyl (C=O) groups excluding carboxylic acids is 2. The molecule has 17 heteroatoms. The number of carbonyl (C=O) groups is 2. The van der Waals surface area contributed by atoms with Crippen LogP contribution in [0.25, 0.3) is 6.08 Å². The van der Waals surface area contributed by atoms with Gasteiger partial charge in [0.25, 0.3) is 0 Å². The van der Waals surface area contributed by atoms with E-state index < -0.39 is 98.3 Å². The molecule has 11 atom stereocenters. The number of esters is 2. The Morgan fingerprint density at radius 1 is 0.780 bits per heavy atom. The van der Waals surface area contributed by atoms with Crippen LogP contribution in [-0.2, 0) is 39.9 Å². The zero-order chi connectivity index (χ0) is 36.7. The second-order valence-electron chi connectivity index (χ2n) is 12.2. The summed E-state index contributed by atoms with van der Waals surface area (Å²) in [5.41, 5.74) is -0.866. The van der Waals surface area contributed by atoms with Crippen LogP contribution in [0.1, 0.15) is 25.0 Å².